The second-order valence-corrected chi connectivity index (χ2v) is 6.45. The molecule has 8 nitrogen and oxygen atoms in total. The molecule has 21 heavy (non-hydrogen) atoms. The Balaban J connectivity index is 2.09. The molecule has 0 bridgehead atoms. The van der Waals surface area contributed by atoms with Crippen LogP contribution < -0.4 is 10.5 Å². The van der Waals surface area contributed by atoms with Crippen molar-refractivity contribution in [2.24, 2.45) is 12.8 Å². The van der Waals surface area contributed by atoms with Crippen molar-refractivity contribution < 1.29 is 8.42 Å². The molecule has 3 N–H and O–H groups in total. The SMILES string of the molecule is CCc1nn(C)cc1CNS(=O)(=O)c1cnn(CCN)c1. The standard InChI is InChI=1S/C12H20N6O2S/c1-3-12-10(8-17(2)16-12)6-15-21(19,20)11-7-14-18(9-11)5-4-13/h7-9,15H,3-6,13H2,1-2H3. The number of aryl methyl sites for hydroxylation is 2. The van der Waals surface area contributed by atoms with Gasteiger partial charge < -0.3 is 5.73 Å². The zero-order chi connectivity index (χ0) is 15.5. The largest absolute Gasteiger partial charge is 0.329 e. The molecular formula is C12H20N6O2S. The topological polar surface area (TPSA) is 108 Å². The summed E-state index contributed by atoms with van der Waals surface area (Å²) in [4.78, 5) is 0.137. The lowest BCUT2D eigenvalue weighted by molar-refractivity contribution is 0.580. The van der Waals surface area contributed by atoms with E-state index < -0.39 is 10.0 Å². The van der Waals surface area contributed by atoms with Crippen LogP contribution in [0.3, 0.4) is 0 Å². The van der Waals surface area contributed by atoms with Crippen LogP contribution in [0.2, 0.25) is 0 Å². The molecule has 0 atom stereocenters. The van der Waals surface area contributed by atoms with Gasteiger partial charge in [-0.3, -0.25) is 9.36 Å². The van der Waals surface area contributed by atoms with Crippen molar-refractivity contribution in [3.63, 3.8) is 0 Å². The van der Waals surface area contributed by atoms with Crippen molar-refractivity contribution in [2.45, 2.75) is 31.3 Å². The van der Waals surface area contributed by atoms with Crippen molar-refractivity contribution in [1.29, 1.82) is 0 Å². The normalized spacial score (nSPS) is 12.0. The summed E-state index contributed by atoms with van der Waals surface area (Å²) in [5.41, 5.74) is 7.17. The van der Waals surface area contributed by atoms with E-state index in [9.17, 15) is 8.42 Å². The summed E-state index contributed by atoms with van der Waals surface area (Å²) in [5.74, 6) is 0. The maximum atomic E-state index is 12.2. The highest BCUT2D eigenvalue weighted by Gasteiger charge is 2.17. The molecule has 0 saturated carbocycles. The zero-order valence-corrected chi connectivity index (χ0v) is 13.0. The Morgan fingerprint density at radius 3 is 2.81 bits per heavy atom. The maximum absolute atomic E-state index is 12.2. The van der Waals surface area contributed by atoms with Crippen LogP contribution in [-0.2, 0) is 36.6 Å². The number of nitrogens with zero attached hydrogens (tertiary/aromatic N) is 4. The lowest BCUT2D eigenvalue weighted by Crippen LogP contribution is -2.23. The van der Waals surface area contributed by atoms with Crippen LogP contribution in [0.5, 0.6) is 0 Å². The number of rotatable bonds is 7. The molecule has 0 aromatic carbocycles. The van der Waals surface area contributed by atoms with Gasteiger partial charge in [-0.2, -0.15) is 10.2 Å². The number of hydrogen-bond donors (Lipinski definition) is 2. The molecule has 0 aliphatic carbocycles. The number of sulfonamides is 1. The van der Waals surface area contributed by atoms with E-state index in [2.05, 4.69) is 14.9 Å². The van der Waals surface area contributed by atoms with Gasteiger partial charge in [0.1, 0.15) is 4.90 Å². The quantitative estimate of drug-likeness (QED) is 0.724. The van der Waals surface area contributed by atoms with E-state index in [1.54, 1.807) is 4.68 Å². The molecular weight excluding hydrogens is 292 g/mol. The molecule has 9 heteroatoms. The second-order valence-electron chi connectivity index (χ2n) is 4.68. The number of nitrogens with two attached hydrogens (primary N) is 1. The fourth-order valence-corrected chi connectivity index (χ4v) is 2.98. The van der Waals surface area contributed by atoms with Gasteiger partial charge in [0.25, 0.3) is 0 Å². The van der Waals surface area contributed by atoms with Crippen LogP contribution in [0.25, 0.3) is 0 Å². The molecule has 0 amide bonds. The molecule has 0 saturated heterocycles. The van der Waals surface area contributed by atoms with Crippen molar-refractivity contribution in [1.82, 2.24) is 24.3 Å². The molecule has 0 radical (unpaired) electrons. The van der Waals surface area contributed by atoms with Gasteiger partial charge in [-0.1, -0.05) is 6.92 Å². The minimum absolute atomic E-state index is 0.137. The van der Waals surface area contributed by atoms with Gasteiger partial charge in [0, 0.05) is 38.1 Å². The maximum Gasteiger partial charge on any atom is 0.243 e. The van der Waals surface area contributed by atoms with Gasteiger partial charge >= 0.3 is 0 Å². The third-order valence-electron chi connectivity index (χ3n) is 3.06. The predicted molar refractivity (Wildman–Crippen MR) is 77.9 cm³/mol. The van der Waals surface area contributed by atoms with E-state index in [1.807, 2.05) is 20.2 Å². The highest BCUT2D eigenvalue weighted by Crippen LogP contribution is 2.11. The van der Waals surface area contributed by atoms with Crippen LogP contribution in [0.15, 0.2) is 23.5 Å². The summed E-state index contributed by atoms with van der Waals surface area (Å²) >= 11 is 0. The summed E-state index contributed by atoms with van der Waals surface area (Å²) in [6, 6.07) is 0. The summed E-state index contributed by atoms with van der Waals surface area (Å²) < 4.78 is 30.2. The van der Waals surface area contributed by atoms with E-state index in [1.165, 1.54) is 17.1 Å². The number of nitrogens with one attached hydrogen (secondary N) is 1. The van der Waals surface area contributed by atoms with E-state index in [0.29, 0.717) is 13.1 Å². The van der Waals surface area contributed by atoms with Crippen molar-refractivity contribution in [2.75, 3.05) is 6.54 Å². The first-order valence-corrected chi connectivity index (χ1v) is 8.18. The minimum Gasteiger partial charge on any atom is -0.329 e. The van der Waals surface area contributed by atoms with E-state index in [4.69, 9.17) is 5.73 Å². The average Bonchev–Trinajstić information content (AvgIpc) is 3.04. The van der Waals surface area contributed by atoms with Crippen molar-refractivity contribution in [3.8, 4) is 0 Å². The van der Waals surface area contributed by atoms with Gasteiger partial charge in [0.05, 0.1) is 18.4 Å². The van der Waals surface area contributed by atoms with Crippen LogP contribution in [-0.4, -0.2) is 34.5 Å². The van der Waals surface area contributed by atoms with Crippen LogP contribution in [0.1, 0.15) is 18.2 Å². The number of aromatic nitrogens is 4. The Bertz CT molecular complexity index is 703. The molecule has 0 fully saturated rings. The third kappa shape index (κ3) is 3.69. The van der Waals surface area contributed by atoms with E-state index >= 15 is 0 Å². The molecule has 0 aliphatic heterocycles. The molecule has 2 rings (SSSR count). The first-order chi connectivity index (χ1) is 9.96. The highest BCUT2D eigenvalue weighted by atomic mass is 32.2. The first-order valence-electron chi connectivity index (χ1n) is 6.70. The van der Waals surface area contributed by atoms with Crippen LogP contribution in [0, 0.1) is 0 Å². The summed E-state index contributed by atoms with van der Waals surface area (Å²) in [6.07, 6.45) is 5.37. The Kier molecular flexibility index (Phi) is 4.76. The second kappa shape index (κ2) is 6.37. The first kappa shape index (κ1) is 15.7. The molecule has 0 unspecified atom stereocenters. The third-order valence-corrected chi connectivity index (χ3v) is 4.41. The van der Waals surface area contributed by atoms with Crippen molar-refractivity contribution in [3.05, 3.63) is 29.8 Å². The van der Waals surface area contributed by atoms with E-state index in [0.717, 1.165) is 17.7 Å². The molecule has 2 aromatic rings. The predicted octanol–water partition coefficient (Wildman–Crippen LogP) is -0.384. The Hall–Kier alpha value is -1.71. The molecule has 2 aromatic heterocycles. The molecule has 116 valence electrons. The summed E-state index contributed by atoms with van der Waals surface area (Å²) in [6.45, 7) is 3.08. The fourth-order valence-electron chi connectivity index (χ4n) is 2.02. The molecule has 2 heterocycles. The fraction of sp³-hybridized carbons (Fsp3) is 0.500. The van der Waals surface area contributed by atoms with Gasteiger partial charge in [0.2, 0.25) is 10.0 Å². The van der Waals surface area contributed by atoms with Gasteiger partial charge in [-0.25, -0.2) is 13.1 Å². The van der Waals surface area contributed by atoms with Gasteiger partial charge in [0.15, 0.2) is 0 Å². The monoisotopic (exact) mass is 312 g/mol. The zero-order valence-electron chi connectivity index (χ0n) is 12.2. The summed E-state index contributed by atoms with van der Waals surface area (Å²) in [5, 5.41) is 8.25. The minimum atomic E-state index is -3.58. The van der Waals surface area contributed by atoms with Crippen LogP contribution >= 0.6 is 0 Å². The highest BCUT2D eigenvalue weighted by molar-refractivity contribution is 7.89. The average molecular weight is 312 g/mol. The van der Waals surface area contributed by atoms with Gasteiger partial charge in [-0.15, -0.1) is 0 Å². The Morgan fingerprint density at radius 2 is 2.14 bits per heavy atom. The smallest absolute Gasteiger partial charge is 0.243 e. The molecule has 0 spiro atoms. The Labute approximate surface area is 124 Å². The summed E-state index contributed by atoms with van der Waals surface area (Å²) in [7, 11) is -1.77. The number of hydrogen-bond acceptors (Lipinski definition) is 5. The Morgan fingerprint density at radius 1 is 1.38 bits per heavy atom. The molecule has 0 aliphatic rings. The van der Waals surface area contributed by atoms with Crippen molar-refractivity contribution >= 4 is 10.0 Å². The van der Waals surface area contributed by atoms with Crippen LogP contribution in [0.4, 0.5) is 0 Å². The lowest BCUT2D eigenvalue weighted by atomic mass is 10.2. The lowest BCUT2D eigenvalue weighted by Gasteiger charge is -2.04. The van der Waals surface area contributed by atoms with E-state index in [-0.39, 0.29) is 11.4 Å². The van der Waals surface area contributed by atoms with Gasteiger partial charge in [-0.05, 0) is 6.42 Å².